The average Bonchev–Trinajstić information content (AvgIpc) is 3.30. The van der Waals surface area contributed by atoms with E-state index in [0.717, 1.165) is 15.7 Å². The van der Waals surface area contributed by atoms with Crippen LogP contribution < -0.4 is 3.80 Å². The second-order valence-electron chi connectivity index (χ2n) is 7.14. The third-order valence-electron chi connectivity index (χ3n) is 5.64. The minimum absolute atomic E-state index is 0.173. The number of rotatable bonds is 4. The van der Waals surface area contributed by atoms with Crippen LogP contribution in [0.4, 0.5) is 0 Å². The number of hydrogen-bond donors (Lipinski definition) is 1. The van der Waals surface area contributed by atoms with Crippen molar-refractivity contribution in [3.8, 4) is 0 Å². The molecule has 1 saturated heterocycles. The topological polar surface area (TPSA) is 29.1 Å². The Hall–Kier alpha value is -1.64. The van der Waals surface area contributed by atoms with Crippen LogP contribution in [0.1, 0.15) is 23.2 Å². The molecule has 0 aromatic heterocycles. The first-order valence-electron chi connectivity index (χ1n) is 9.16. The van der Waals surface area contributed by atoms with Gasteiger partial charge >= 0.3 is 130 Å². The number of nitrogens with one attached hydrogen (secondary N) is 1. The van der Waals surface area contributed by atoms with Crippen molar-refractivity contribution in [3.63, 3.8) is 0 Å². The zero-order valence-corrected chi connectivity index (χ0v) is 16.3. The molecule has 0 radical (unpaired) electrons. The molecule has 1 saturated carbocycles. The summed E-state index contributed by atoms with van der Waals surface area (Å²) in [5, 5.41) is 0. The van der Waals surface area contributed by atoms with E-state index < -0.39 is 16.8 Å². The molecule has 1 heterocycles. The number of carbonyl (C=O) groups excluding carboxylic acids is 1. The first-order chi connectivity index (χ1) is 12.2. The van der Waals surface area contributed by atoms with Gasteiger partial charge in [-0.1, -0.05) is 25.3 Å². The van der Waals surface area contributed by atoms with Gasteiger partial charge in [-0.2, -0.15) is 0 Å². The van der Waals surface area contributed by atoms with Gasteiger partial charge in [0, 0.05) is 0 Å². The van der Waals surface area contributed by atoms with E-state index in [4.69, 9.17) is 0 Å². The van der Waals surface area contributed by atoms with Crippen molar-refractivity contribution >= 4 is 5.91 Å². The molecule has 0 bridgehead atoms. The fraction of sp³-hybridized carbons (Fsp3) is 0.318. The summed E-state index contributed by atoms with van der Waals surface area (Å²) in [6.07, 6.45) is 15.1. The molecule has 4 rings (SSSR count). The van der Waals surface area contributed by atoms with E-state index in [1.54, 1.807) is 12.2 Å². The number of benzene rings is 1. The first-order valence-corrected chi connectivity index (χ1v) is 13.1. The van der Waals surface area contributed by atoms with Crippen LogP contribution in [0.25, 0.3) is 0 Å². The van der Waals surface area contributed by atoms with Gasteiger partial charge in [0.15, 0.2) is 0 Å². The van der Waals surface area contributed by atoms with Crippen molar-refractivity contribution < 1.29 is 21.6 Å². The van der Waals surface area contributed by atoms with Crippen molar-refractivity contribution in [1.29, 1.82) is 0 Å². The molecule has 1 aliphatic heterocycles. The summed E-state index contributed by atoms with van der Waals surface area (Å²) in [7, 11) is 0. The van der Waals surface area contributed by atoms with E-state index in [9.17, 15) is 4.79 Å². The fourth-order valence-electron chi connectivity index (χ4n) is 4.21. The van der Waals surface area contributed by atoms with Crippen LogP contribution in [-0.4, -0.2) is 5.91 Å². The molecule has 3 aliphatic rings. The van der Waals surface area contributed by atoms with E-state index in [1.165, 1.54) is 22.3 Å². The summed E-state index contributed by atoms with van der Waals surface area (Å²) in [5.74, 6) is 1.61. The zero-order chi connectivity index (χ0) is 17.7. The van der Waals surface area contributed by atoms with E-state index >= 15 is 0 Å². The molecule has 1 aromatic rings. The van der Waals surface area contributed by atoms with Gasteiger partial charge in [0.05, 0.1) is 0 Å². The fourth-order valence-corrected chi connectivity index (χ4v) is 12.0. The summed E-state index contributed by atoms with van der Waals surface area (Å²) in [6.45, 7) is 6.72. The summed E-state index contributed by atoms with van der Waals surface area (Å²) in [4.78, 5) is 12.5. The van der Waals surface area contributed by atoms with Crippen LogP contribution in [0.3, 0.4) is 0 Å². The second-order valence-corrected chi connectivity index (χ2v) is 13.9. The predicted octanol–water partition coefficient (Wildman–Crippen LogP) is 5.63. The van der Waals surface area contributed by atoms with E-state index in [2.05, 4.69) is 41.3 Å². The molecule has 130 valence electrons. The number of amides is 1. The van der Waals surface area contributed by atoms with Crippen molar-refractivity contribution in [3.05, 3.63) is 85.5 Å². The number of allylic oxidation sites excluding steroid dienone is 6. The van der Waals surface area contributed by atoms with Crippen molar-refractivity contribution in [2.75, 3.05) is 0 Å². The second kappa shape index (κ2) is 8.16. The SMILES string of the molecule is C=CC=C.O=C([NH][Ti]1([CH]2CCC3C=CC=CC32)[CH2][CH2]1)c1ccccc1. The molecule has 2 aliphatic carbocycles. The van der Waals surface area contributed by atoms with Crippen molar-refractivity contribution in [1.82, 2.24) is 3.80 Å². The molecular weight excluding hydrogens is 342 g/mol. The van der Waals surface area contributed by atoms with Gasteiger partial charge < -0.3 is 0 Å². The normalized spacial score (nSPS) is 27.4. The minimum atomic E-state index is -2.12. The quantitative estimate of drug-likeness (QED) is 0.540. The summed E-state index contributed by atoms with van der Waals surface area (Å²) < 4.78 is 6.99. The van der Waals surface area contributed by atoms with Crippen LogP contribution in [0, 0.1) is 11.8 Å². The Morgan fingerprint density at radius 1 is 1.04 bits per heavy atom. The third kappa shape index (κ3) is 4.13. The van der Waals surface area contributed by atoms with Gasteiger partial charge in [-0.25, -0.2) is 0 Å². The maximum absolute atomic E-state index is 12.5. The Labute approximate surface area is 155 Å². The van der Waals surface area contributed by atoms with Crippen molar-refractivity contribution in [2.45, 2.75) is 26.5 Å². The molecule has 1 N–H and O–H groups in total. The molecule has 25 heavy (non-hydrogen) atoms. The Bertz CT molecular complexity index is 681. The van der Waals surface area contributed by atoms with Crippen LogP contribution >= 0.6 is 0 Å². The van der Waals surface area contributed by atoms with Gasteiger partial charge in [0.2, 0.25) is 0 Å². The number of carbonyl (C=O) groups is 1. The van der Waals surface area contributed by atoms with Gasteiger partial charge in [0.25, 0.3) is 0 Å². The third-order valence-corrected chi connectivity index (χ3v) is 12.5. The van der Waals surface area contributed by atoms with Crippen molar-refractivity contribution in [2.24, 2.45) is 11.8 Å². The maximum atomic E-state index is 12.5. The molecule has 3 heteroatoms. The van der Waals surface area contributed by atoms with Crippen LogP contribution in [0.15, 0.2) is 79.9 Å². The Morgan fingerprint density at radius 3 is 2.36 bits per heavy atom. The molecule has 2 fully saturated rings. The monoisotopic (exact) mass is 369 g/mol. The number of hydrogen-bond acceptors (Lipinski definition) is 1. The predicted molar refractivity (Wildman–Crippen MR) is 102 cm³/mol. The standard InChI is InChI=1S/C9H11.C7H7NO.C4H6.C2H4.Ti/c1-2-5-9-7-3-6-8(9)4-1;8-7(9)6-4-2-1-3-5-6;1-3-4-2;1-2;/h1-2,4-6,8-9H,3,7H2;1-5H,(H2,8,9);3-4H,1-2H2;1-2H2;/q;;;;+1/p-1. The Balaban J connectivity index is 0.000000415. The van der Waals surface area contributed by atoms with Crippen LogP contribution in [-0.2, 0) is 16.8 Å². The molecule has 1 amide bonds. The van der Waals surface area contributed by atoms with E-state index in [1.807, 2.05) is 30.3 Å². The Kier molecular flexibility index (Phi) is 5.93. The molecule has 0 spiro atoms. The summed E-state index contributed by atoms with van der Waals surface area (Å²) in [6, 6.07) is 9.71. The van der Waals surface area contributed by atoms with E-state index in [0.29, 0.717) is 5.92 Å². The summed E-state index contributed by atoms with van der Waals surface area (Å²) >= 11 is -2.12. The van der Waals surface area contributed by atoms with E-state index in [-0.39, 0.29) is 5.91 Å². The molecule has 3 unspecified atom stereocenters. The molecular formula is C22H27NOTi. The number of fused-ring (bicyclic) bond motifs is 1. The molecule has 3 atom stereocenters. The van der Waals surface area contributed by atoms with Gasteiger partial charge in [-0.3, -0.25) is 0 Å². The average molecular weight is 369 g/mol. The van der Waals surface area contributed by atoms with Gasteiger partial charge in [-0.05, 0) is 0 Å². The summed E-state index contributed by atoms with van der Waals surface area (Å²) in [5.41, 5.74) is 0.822. The molecule has 2 nitrogen and oxygen atoms in total. The first kappa shape index (κ1) is 18.2. The van der Waals surface area contributed by atoms with Gasteiger partial charge in [-0.15, -0.1) is 0 Å². The zero-order valence-electron chi connectivity index (χ0n) is 14.7. The Morgan fingerprint density at radius 2 is 1.72 bits per heavy atom. The van der Waals surface area contributed by atoms with Crippen LogP contribution in [0.2, 0.25) is 13.7 Å². The molecule has 1 aromatic carbocycles. The van der Waals surface area contributed by atoms with Crippen LogP contribution in [0.5, 0.6) is 0 Å². The van der Waals surface area contributed by atoms with Gasteiger partial charge in [0.1, 0.15) is 0 Å².